The van der Waals surface area contributed by atoms with Gasteiger partial charge in [0.1, 0.15) is 0 Å². The van der Waals surface area contributed by atoms with Crippen LogP contribution in [-0.4, -0.2) is 30.2 Å². The highest BCUT2D eigenvalue weighted by Crippen LogP contribution is 2.37. The maximum Gasteiger partial charge on any atom is 0.356 e. The maximum atomic E-state index is 11.3. The van der Waals surface area contributed by atoms with Crippen LogP contribution in [0.3, 0.4) is 0 Å². The summed E-state index contributed by atoms with van der Waals surface area (Å²) in [6, 6.07) is 7.53. The van der Waals surface area contributed by atoms with Crippen LogP contribution in [-0.2, 0) is 0 Å². The average Bonchev–Trinajstić information content (AvgIpc) is 2.74. The van der Waals surface area contributed by atoms with Gasteiger partial charge in [-0.2, -0.15) is 0 Å². The number of anilines is 1. The monoisotopic (exact) mass is 326 g/mol. The summed E-state index contributed by atoms with van der Waals surface area (Å²) in [6.07, 6.45) is 0. The lowest BCUT2D eigenvalue weighted by atomic mass is 10.1. The SMILES string of the molecule is CN(C)c1nc(C(=O)O)c(-c2ccccc2Br)s1. The number of halogens is 1. The Morgan fingerprint density at radius 3 is 2.61 bits per heavy atom. The molecule has 0 fully saturated rings. The Labute approximate surface area is 117 Å². The number of benzene rings is 1. The van der Waals surface area contributed by atoms with Gasteiger partial charge < -0.3 is 10.0 Å². The molecule has 18 heavy (non-hydrogen) atoms. The number of rotatable bonds is 3. The Morgan fingerprint density at radius 2 is 2.06 bits per heavy atom. The molecule has 4 nitrogen and oxygen atoms in total. The second-order valence-electron chi connectivity index (χ2n) is 3.85. The highest BCUT2D eigenvalue weighted by molar-refractivity contribution is 9.10. The first kappa shape index (κ1) is 13.0. The minimum Gasteiger partial charge on any atom is -0.476 e. The van der Waals surface area contributed by atoms with Gasteiger partial charge in [0, 0.05) is 24.1 Å². The molecule has 1 aromatic heterocycles. The van der Waals surface area contributed by atoms with Crippen molar-refractivity contribution in [1.29, 1.82) is 0 Å². The predicted octanol–water partition coefficient (Wildman–Crippen LogP) is 3.34. The molecule has 0 spiro atoms. The van der Waals surface area contributed by atoms with E-state index in [-0.39, 0.29) is 5.69 Å². The minimum absolute atomic E-state index is 0.0931. The molecule has 94 valence electrons. The number of hydrogen-bond donors (Lipinski definition) is 1. The van der Waals surface area contributed by atoms with Crippen LogP contribution in [0.15, 0.2) is 28.7 Å². The van der Waals surface area contributed by atoms with Gasteiger partial charge in [0.25, 0.3) is 0 Å². The van der Waals surface area contributed by atoms with E-state index in [1.807, 2.05) is 38.4 Å². The van der Waals surface area contributed by atoms with Crippen molar-refractivity contribution < 1.29 is 9.90 Å². The van der Waals surface area contributed by atoms with Crippen LogP contribution in [0.5, 0.6) is 0 Å². The van der Waals surface area contributed by atoms with E-state index in [2.05, 4.69) is 20.9 Å². The molecule has 0 saturated heterocycles. The molecule has 0 atom stereocenters. The van der Waals surface area contributed by atoms with E-state index in [0.717, 1.165) is 10.0 Å². The molecule has 2 aromatic rings. The molecule has 6 heteroatoms. The van der Waals surface area contributed by atoms with Crippen molar-refractivity contribution in [2.45, 2.75) is 0 Å². The van der Waals surface area contributed by atoms with Crippen LogP contribution in [0.1, 0.15) is 10.5 Å². The summed E-state index contributed by atoms with van der Waals surface area (Å²) in [5, 5.41) is 9.90. The number of carboxylic acids is 1. The molecule has 2 rings (SSSR count). The summed E-state index contributed by atoms with van der Waals surface area (Å²) in [6.45, 7) is 0. The summed E-state index contributed by atoms with van der Waals surface area (Å²) < 4.78 is 0.862. The maximum absolute atomic E-state index is 11.3. The first-order valence-corrected chi connectivity index (χ1v) is 6.78. The topological polar surface area (TPSA) is 53.4 Å². The van der Waals surface area contributed by atoms with E-state index in [1.165, 1.54) is 11.3 Å². The Kier molecular flexibility index (Phi) is 3.68. The van der Waals surface area contributed by atoms with Gasteiger partial charge in [-0.25, -0.2) is 9.78 Å². The predicted molar refractivity (Wildman–Crippen MR) is 76.5 cm³/mol. The lowest BCUT2D eigenvalue weighted by molar-refractivity contribution is 0.0692. The van der Waals surface area contributed by atoms with Gasteiger partial charge in [0.15, 0.2) is 10.8 Å². The lowest BCUT2D eigenvalue weighted by Gasteiger charge is -2.05. The summed E-state index contributed by atoms with van der Waals surface area (Å²) in [5.74, 6) is -1.01. The van der Waals surface area contributed by atoms with Gasteiger partial charge in [-0.15, -0.1) is 0 Å². The second-order valence-corrected chi connectivity index (χ2v) is 5.69. The van der Waals surface area contributed by atoms with Gasteiger partial charge in [0.05, 0.1) is 4.88 Å². The minimum atomic E-state index is -1.01. The molecule has 0 bridgehead atoms. The number of carbonyl (C=O) groups is 1. The molecule has 0 unspecified atom stereocenters. The third-order valence-corrected chi connectivity index (χ3v) is 4.27. The molecular weight excluding hydrogens is 316 g/mol. The van der Waals surface area contributed by atoms with Crippen LogP contribution < -0.4 is 4.90 Å². The highest BCUT2D eigenvalue weighted by atomic mass is 79.9. The van der Waals surface area contributed by atoms with Crippen LogP contribution in [0.4, 0.5) is 5.13 Å². The normalized spacial score (nSPS) is 10.4. The van der Waals surface area contributed by atoms with E-state index in [4.69, 9.17) is 0 Å². The fourth-order valence-electron chi connectivity index (χ4n) is 1.47. The molecule has 0 amide bonds. The lowest BCUT2D eigenvalue weighted by Crippen LogP contribution is -2.08. The van der Waals surface area contributed by atoms with E-state index in [1.54, 1.807) is 4.90 Å². The van der Waals surface area contributed by atoms with Gasteiger partial charge in [-0.05, 0) is 6.07 Å². The summed E-state index contributed by atoms with van der Waals surface area (Å²) in [7, 11) is 3.68. The zero-order valence-electron chi connectivity index (χ0n) is 9.85. The Morgan fingerprint density at radius 1 is 1.39 bits per heavy atom. The van der Waals surface area contributed by atoms with E-state index < -0.39 is 5.97 Å². The number of aromatic nitrogens is 1. The van der Waals surface area contributed by atoms with Gasteiger partial charge in [-0.1, -0.05) is 45.5 Å². The Hall–Kier alpha value is -1.40. The largest absolute Gasteiger partial charge is 0.476 e. The molecule has 0 aliphatic rings. The second kappa shape index (κ2) is 5.07. The highest BCUT2D eigenvalue weighted by Gasteiger charge is 2.20. The quantitative estimate of drug-likeness (QED) is 0.939. The molecule has 1 N–H and O–H groups in total. The third kappa shape index (κ3) is 2.39. The molecule has 0 radical (unpaired) electrons. The number of thiazole rings is 1. The van der Waals surface area contributed by atoms with E-state index >= 15 is 0 Å². The fourth-order valence-corrected chi connectivity index (χ4v) is 3.11. The smallest absolute Gasteiger partial charge is 0.356 e. The van der Waals surface area contributed by atoms with Crippen molar-refractivity contribution in [3.05, 3.63) is 34.4 Å². The van der Waals surface area contributed by atoms with Crippen LogP contribution >= 0.6 is 27.3 Å². The van der Waals surface area contributed by atoms with Crippen molar-refractivity contribution in [3.8, 4) is 10.4 Å². The van der Waals surface area contributed by atoms with Crippen molar-refractivity contribution in [2.75, 3.05) is 19.0 Å². The van der Waals surface area contributed by atoms with Crippen LogP contribution in [0, 0.1) is 0 Å². The van der Waals surface area contributed by atoms with Crippen molar-refractivity contribution in [2.24, 2.45) is 0 Å². The van der Waals surface area contributed by atoms with Gasteiger partial charge in [0.2, 0.25) is 0 Å². The Balaban J connectivity index is 2.63. The molecule has 0 saturated carbocycles. The standard InChI is InChI=1S/C12H11BrN2O2S/c1-15(2)12-14-9(11(16)17)10(18-12)7-5-3-4-6-8(7)13/h3-6H,1-2H3,(H,16,17). The van der Waals surface area contributed by atoms with Crippen LogP contribution in [0.25, 0.3) is 10.4 Å². The van der Waals surface area contributed by atoms with Crippen molar-refractivity contribution in [1.82, 2.24) is 4.98 Å². The van der Waals surface area contributed by atoms with E-state index in [9.17, 15) is 9.90 Å². The average molecular weight is 327 g/mol. The first-order valence-electron chi connectivity index (χ1n) is 5.17. The summed E-state index contributed by atoms with van der Waals surface area (Å²) >= 11 is 4.80. The molecular formula is C12H11BrN2O2S. The van der Waals surface area contributed by atoms with E-state index in [0.29, 0.717) is 10.0 Å². The van der Waals surface area contributed by atoms with Crippen molar-refractivity contribution in [3.63, 3.8) is 0 Å². The number of nitrogens with zero attached hydrogens (tertiary/aromatic N) is 2. The number of carboxylic acid groups (broad SMARTS) is 1. The fraction of sp³-hybridized carbons (Fsp3) is 0.167. The molecule has 1 heterocycles. The zero-order chi connectivity index (χ0) is 13.3. The number of aromatic carboxylic acids is 1. The molecule has 0 aliphatic carbocycles. The zero-order valence-corrected chi connectivity index (χ0v) is 12.2. The van der Waals surface area contributed by atoms with Crippen LogP contribution in [0.2, 0.25) is 0 Å². The third-order valence-electron chi connectivity index (χ3n) is 2.32. The van der Waals surface area contributed by atoms with Crippen molar-refractivity contribution >= 4 is 38.4 Å². The first-order chi connectivity index (χ1) is 8.50. The van der Waals surface area contributed by atoms with Gasteiger partial charge in [-0.3, -0.25) is 0 Å². The Bertz CT molecular complexity index is 596. The van der Waals surface area contributed by atoms with Gasteiger partial charge >= 0.3 is 5.97 Å². The molecule has 1 aromatic carbocycles. The summed E-state index contributed by atoms with van der Waals surface area (Å²) in [4.78, 5) is 17.9. The summed E-state index contributed by atoms with van der Waals surface area (Å²) in [5.41, 5.74) is 0.941. The number of hydrogen-bond acceptors (Lipinski definition) is 4. The molecule has 0 aliphatic heterocycles.